The minimum absolute atomic E-state index is 0.301. The average Bonchev–Trinajstić information content (AvgIpc) is 2.15. The van der Waals surface area contributed by atoms with Crippen LogP contribution in [0.5, 0.6) is 0 Å². The number of aromatic nitrogens is 2. The van der Waals surface area contributed by atoms with Crippen LogP contribution in [0.3, 0.4) is 0 Å². The Kier molecular flexibility index (Phi) is 2.76. The summed E-state index contributed by atoms with van der Waals surface area (Å²) in [4.78, 5) is 7.81. The molecule has 0 aliphatic heterocycles. The van der Waals surface area contributed by atoms with Gasteiger partial charge in [0.15, 0.2) is 0 Å². The number of nitrogens with zero attached hydrogens (tertiary/aromatic N) is 2. The Labute approximate surface area is 96.3 Å². The maximum absolute atomic E-state index is 12.8. The Morgan fingerprint density at radius 2 is 2.06 bits per heavy atom. The van der Waals surface area contributed by atoms with Crippen molar-refractivity contribution in [3.63, 3.8) is 0 Å². The Bertz CT molecular complexity index is 523. The van der Waals surface area contributed by atoms with Crippen LogP contribution in [0.15, 0.2) is 24.5 Å². The highest BCUT2D eigenvalue weighted by molar-refractivity contribution is 6.33. The van der Waals surface area contributed by atoms with Crippen molar-refractivity contribution >= 4 is 22.5 Å². The SMILES string of the molecule is CC(F)(F)Cc1ccc2c(Cl)ncnc2c1. The first-order valence-electron chi connectivity index (χ1n) is 4.73. The molecule has 0 N–H and O–H groups in total. The Morgan fingerprint density at radius 1 is 1.31 bits per heavy atom. The van der Waals surface area contributed by atoms with E-state index in [4.69, 9.17) is 11.6 Å². The molecule has 1 heterocycles. The second kappa shape index (κ2) is 3.94. The molecule has 2 rings (SSSR count). The lowest BCUT2D eigenvalue weighted by molar-refractivity contribution is 0.0226. The zero-order valence-electron chi connectivity index (χ0n) is 8.54. The van der Waals surface area contributed by atoms with Gasteiger partial charge in [-0.15, -0.1) is 0 Å². The van der Waals surface area contributed by atoms with Gasteiger partial charge in [0.2, 0.25) is 5.92 Å². The second-order valence-corrected chi connectivity index (χ2v) is 4.12. The summed E-state index contributed by atoms with van der Waals surface area (Å²) in [6.45, 7) is 0.893. The molecule has 0 bridgehead atoms. The maximum Gasteiger partial charge on any atom is 0.249 e. The van der Waals surface area contributed by atoms with Crippen LogP contribution < -0.4 is 0 Å². The fourth-order valence-corrected chi connectivity index (χ4v) is 1.74. The van der Waals surface area contributed by atoms with Crippen LogP contribution in [0.4, 0.5) is 8.78 Å². The van der Waals surface area contributed by atoms with Crippen LogP contribution in [-0.4, -0.2) is 15.9 Å². The molecule has 0 saturated carbocycles. The van der Waals surface area contributed by atoms with Crippen molar-refractivity contribution in [3.8, 4) is 0 Å². The summed E-state index contributed by atoms with van der Waals surface area (Å²) in [7, 11) is 0. The van der Waals surface area contributed by atoms with E-state index < -0.39 is 5.92 Å². The summed E-state index contributed by atoms with van der Waals surface area (Å²) in [6.07, 6.45) is 1.02. The topological polar surface area (TPSA) is 25.8 Å². The summed E-state index contributed by atoms with van der Waals surface area (Å²) >= 11 is 5.84. The fraction of sp³-hybridized carbons (Fsp3) is 0.273. The quantitative estimate of drug-likeness (QED) is 0.754. The van der Waals surface area contributed by atoms with Crippen molar-refractivity contribution in [1.29, 1.82) is 0 Å². The first-order valence-corrected chi connectivity index (χ1v) is 5.10. The maximum atomic E-state index is 12.8. The number of benzene rings is 1. The van der Waals surface area contributed by atoms with E-state index in [0.717, 1.165) is 6.92 Å². The summed E-state index contributed by atoms with van der Waals surface area (Å²) in [5.74, 6) is -2.72. The summed E-state index contributed by atoms with van der Waals surface area (Å²) in [6, 6.07) is 4.90. The lowest BCUT2D eigenvalue weighted by Crippen LogP contribution is -2.13. The van der Waals surface area contributed by atoms with Gasteiger partial charge in [0.05, 0.1) is 5.52 Å². The predicted octanol–water partition coefficient (Wildman–Crippen LogP) is 3.48. The van der Waals surface area contributed by atoms with Gasteiger partial charge in [-0.25, -0.2) is 18.7 Å². The van der Waals surface area contributed by atoms with Gasteiger partial charge in [-0.2, -0.15) is 0 Å². The highest BCUT2D eigenvalue weighted by Crippen LogP contribution is 2.24. The van der Waals surface area contributed by atoms with Crippen molar-refractivity contribution < 1.29 is 8.78 Å². The van der Waals surface area contributed by atoms with Gasteiger partial charge in [-0.3, -0.25) is 0 Å². The molecule has 0 aliphatic carbocycles. The predicted molar refractivity (Wildman–Crippen MR) is 58.9 cm³/mol. The molecular weight excluding hydrogens is 234 g/mol. The van der Waals surface area contributed by atoms with Crippen LogP contribution in [0.25, 0.3) is 10.9 Å². The molecule has 0 fully saturated rings. The number of alkyl halides is 2. The van der Waals surface area contributed by atoms with Crippen LogP contribution >= 0.6 is 11.6 Å². The molecule has 0 amide bonds. The number of hydrogen-bond acceptors (Lipinski definition) is 2. The molecule has 84 valence electrons. The molecule has 0 radical (unpaired) electrons. The van der Waals surface area contributed by atoms with Crippen LogP contribution in [-0.2, 0) is 6.42 Å². The molecule has 5 heteroatoms. The summed E-state index contributed by atoms with van der Waals surface area (Å²) < 4.78 is 25.7. The zero-order chi connectivity index (χ0) is 11.8. The lowest BCUT2D eigenvalue weighted by Gasteiger charge is -2.10. The smallest absolute Gasteiger partial charge is 0.236 e. The van der Waals surface area contributed by atoms with Gasteiger partial charge in [-0.1, -0.05) is 17.7 Å². The minimum Gasteiger partial charge on any atom is -0.236 e. The molecule has 1 aromatic heterocycles. The summed E-state index contributed by atoms with van der Waals surface area (Å²) in [5.41, 5.74) is 1.12. The van der Waals surface area contributed by atoms with Gasteiger partial charge in [-0.05, 0) is 24.6 Å². The average molecular weight is 243 g/mol. The number of hydrogen-bond donors (Lipinski definition) is 0. The van der Waals surface area contributed by atoms with Gasteiger partial charge >= 0.3 is 0 Å². The minimum atomic E-state index is -2.72. The van der Waals surface area contributed by atoms with E-state index in [2.05, 4.69) is 9.97 Å². The monoisotopic (exact) mass is 242 g/mol. The van der Waals surface area contributed by atoms with E-state index >= 15 is 0 Å². The molecule has 2 nitrogen and oxygen atoms in total. The second-order valence-electron chi connectivity index (χ2n) is 3.76. The molecule has 16 heavy (non-hydrogen) atoms. The van der Waals surface area contributed by atoms with Gasteiger partial charge in [0.25, 0.3) is 0 Å². The van der Waals surface area contributed by atoms with E-state index in [0.29, 0.717) is 21.6 Å². The molecule has 0 spiro atoms. The molecule has 0 saturated heterocycles. The third kappa shape index (κ3) is 2.44. The standard InChI is InChI=1S/C11H9ClF2N2/c1-11(13,14)5-7-2-3-8-9(4-7)15-6-16-10(8)12/h2-4,6H,5H2,1H3. The van der Waals surface area contributed by atoms with Gasteiger partial charge in [0, 0.05) is 11.8 Å². The van der Waals surface area contributed by atoms with Crippen molar-refractivity contribution in [3.05, 3.63) is 35.2 Å². The first kappa shape index (κ1) is 11.2. The third-order valence-electron chi connectivity index (χ3n) is 2.17. The van der Waals surface area contributed by atoms with E-state index in [9.17, 15) is 8.78 Å². The van der Waals surface area contributed by atoms with Crippen molar-refractivity contribution in [2.45, 2.75) is 19.3 Å². The first-order chi connectivity index (χ1) is 7.46. The molecule has 1 aromatic carbocycles. The van der Waals surface area contributed by atoms with Crippen molar-refractivity contribution in [2.24, 2.45) is 0 Å². The Morgan fingerprint density at radius 3 is 2.75 bits per heavy atom. The lowest BCUT2D eigenvalue weighted by atomic mass is 10.1. The normalized spacial score (nSPS) is 12.0. The van der Waals surface area contributed by atoms with Gasteiger partial charge < -0.3 is 0 Å². The van der Waals surface area contributed by atoms with Crippen LogP contribution in [0.1, 0.15) is 12.5 Å². The van der Waals surface area contributed by atoms with Crippen molar-refractivity contribution in [1.82, 2.24) is 9.97 Å². The molecular formula is C11H9ClF2N2. The highest BCUT2D eigenvalue weighted by atomic mass is 35.5. The number of halogens is 3. The van der Waals surface area contributed by atoms with Gasteiger partial charge in [0.1, 0.15) is 11.5 Å². The molecule has 0 atom stereocenters. The van der Waals surface area contributed by atoms with E-state index in [1.54, 1.807) is 18.2 Å². The van der Waals surface area contributed by atoms with E-state index in [1.165, 1.54) is 6.33 Å². The zero-order valence-corrected chi connectivity index (χ0v) is 9.30. The van der Waals surface area contributed by atoms with Crippen LogP contribution in [0.2, 0.25) is 5.15 Å². The number of fused-ring (bicyclic) bond motifs is 1. The molecule has 0 aliphatic rings. The highest BCUT2D eigenvalue weighted by Gasteiger charge is 2.21. The number of rotatable bonds is 2. The molecule has 0 unspecified atom stereocenters. The fourth-order valence-electron chi connectivity index (χ4n) is 1.54. The van der Waals surface area contributed by atoms with E-state index in [1.807, 2.05) is 0 Å². The molecule has 2 aromatic rings. The van der Waals surface area contributed by atoms with Crippen LogP contribution in [0, 0.1) is 0 Å². The van der Waals surface area contributed by atoms with E-state index in [-0.39, 0.29) is 6.42 Å². The summed E-state index contributed by atoms with van der Waals surface area (Å²) in [5, 5.41) is 1.01. The Hall–Kier alpha value is -1.29. The van der Waals surface area contributed by atoms with Crippen molar-refractivity contribution in [2.75, 3.05) is 0 Å². The Balaban J connectivity index is 2.45. The third-order valence-corrected chi connectivity index (χ3v) is 2.47. The largest absolute Gasteiger partial charge is 0.249 e.